The standard InChI is InChI=1S/C18H23N/c1-14(2)15(3)19-18-12-8-7-11-17(18)13-16-9-5-4-6-10-16/h4-12,14-15,19H,13H2,1-3H3. The third-order valence-corrected chi connectivity index (χ3v) is 3.64. The molecular formula is C18H23N. The predicted octanol–water partition coefficient (Wildman–Crippen LogP) is 4.73. The second-order valence-corrected chi connectivity index (χ2v) is 5.50. The van der Waals surface area contributed by atoms with Crippen LogP contribution >= 0.6 is 0 Å². The highest BCUT2D eigenvalue weighted by Crippen LogP contribution is 2.21. The van der Waals surface area contributed by atoms with E-state index >= 15 is 0 Å². The molecule has 0 radical (unpaired) electrons. The van der Waals surface area contributed by atoms with Gasteiger partial charge in [-0.15, -0.1) is 0 Å². The van der Waals surface area contributed by atoms with Crippen LogP contribution in [0.15, 0.2) is 54.6 Å². The first kappa shape index (κ1) is 13.7. The van der Waals surface area contributed by atoms with Gasteiger partial charge in [-0.05, 0) is 36.5 Å². The highest BCUT2D eigenvalue weighted by molar-refractivity contribution is 5.53. The van der Waals surface area contributed by atoms with E-state index in [4.69, 9.17) is 0 Å². The van der Waals surface area contributed by atoms with Crippen molar-refractivity contribution < 1.29 is 0 Å². The maximum atomic E-state index is 3.63. The predicted molar refractivity (Wildman–Crippen MR) is 83.6 cm³/mol. The van der Waals surface area contributed by atoms with Crippen molar-refractivity contribution >= 4 is 5.69 Å². The van der Waals surface area contributed by atoms with Crippen LogP contribution < -0.4 is 5.32 Å². The van der Waals surface area contributed by atoms with Gasteiger partial charge in [-0.3, -0.25) is 0 Å². The smallest absolute Gasteiger partial charge is 0.0378 e. The van der Waals surface area contributed by atoms with Crippen LogP contribution in [0, 0.1) is 5.92 Å². The van der Waals surface area contributed by atoms with Gasteiger partial charge in [-0.25, -0.2) is 0 Å². The Labute approximate surface area is 116 Å². The lowest BCUT2D eigenvalue weighted by molar-refractivity contribution is 0.559. The van der Waals surface area contributed by atoms with Crippen LogP contribution in [-0.4, -0.2) is 6.04 Å². The zero-order chi connectivity index (χ0) is 13.7. The molecule has 2 aromatic carbocycles. The Morgan fingerprint density at radius 3 is 2.16 bits per heavy atom. The van der Waals surface area contributed by atoms with E-state index in [1.54, 1.807) is 0 Å². The molecule has 0 aliphatic heterocycles. The lowest BCUT2D eigenvalue weighted by Crippen LogP contribution is -2.22. The van der Waals surface area contributed by atoms with E-state index in [1.807, 2.05) is 0 Å². The van der Waals surface area contributed by atoms with Crippen LogP contribution in [0.5, 0.6) is 0 Å². The Morgan fingerprint density at radius 2 is 1.47 bits per heavy atom. The molecule has 0 aromatic heterocycles. The summed E-state index contributed by atoms with van der Waals surface area (Å²) in [6.07, 6.45) is 0.981. The summed E-state index contributed by atoms with van der Waals surface area (Å²) >= 11 is 0. The summed E-state index contributed by atoms with van der Waals surface area (Å²) in [5.41, 5.74) is 3.97. The minimum Gasteiger partial charge on any atom is -0.382 e. The van der Waals surface area contributed by atoms with Crippen LogP contribution in [-0.2, 0) is 6.42 Å². The van der Waals surface area contributed by atoms with Crippen LogP contribution in [0.3, 0.4) is 0 Å². The molecule has 2 rings (SSSR count). The maximum absolute atomic E-state index is 3.63. The van der Waals surface area contributed by atoms with E-state index in [2.05, 4.69) is 80.7 Å². The number of rotatable bonds is 5. The Morgan fingerprint density at radius 1 is 0.842 bits per heavy atom. The van der Waals surface area contributed by atoms with Gasteiger partial charge in [0.05, 0.1) is 0 Å². The molecule has 0 spiro atoms. The quantitative estimate of drug-likeness (QED) is 0.812. The topological polar surface area (TPSA) is 12.0 Å². The highest BCUT2D eigenvalue weighted by atomic mass is 14.9. The fraction of sp³-hybridized carbons (Fsp3) is 0.333. The van der Waals surface area contributed by atoms with Crippen molar-refractivity contribution in [1.82, 2.24) is 0 Å². The van der Waals surface area contributed by atoms with Crippen molar-refractivity contribution in [3.8, 4) is 0 Å². The van der Waals surface area contributed by atoms with Gasteiger partial charge in [0.25, 0.3) is 0 Å². The molecule has 1 nitrogen and oxygen atoms in total. The first-order chi connectivity index (χ1) is 9.16. The van der Waals surface area contributed by atoms with E-state index in [-0.39, 0.29) is 0 Å². The number of benzene rings is 2. The molecule has 0 fully saturated rings. The number of nitrogens with one attached hydrogen (secondary N) is 1. The molecule has 0 amide bonds. The third kappa shape index (κ3) is 3.85. The van der Waals surface area contributed by atoms with Gasteiger partial charge in [0, 0.05) is 11.7 Å². The summed E-state index contributed by atoms with van der Waals surface area (Å²) in [5, 5.41) is 3.63. The molecule has 1 N–H and O–H groups in total. The first-order valence-corrected chi connectivity index (χ1v) is 7.05. The van der Waals surface area contributed by atoms with E-state index in [1.165, 1.54) is 16.8 Å². The second kappa shape index (κ2) is 6.42. The molecule has 0 aliphatic rings. The Balaban J connectivity index is 2.17. The van der Waals surface area contributed by atoms with Gasteiger partial charge in [-0.2, -0.15) is 0 Å². The molecule has 1 heteroatoms. The van der Waals surface area contributed by atoms with Gasteiger partial charge in [0.15, 0.2) is 0 Å². The summed E-state index contributed by atoms with van der Waals surface area (Å²) in [6, 6.07) is 19.7. The maximum Gasteiger partial charge on any atom is 0.0378 e. The lowest BCUT2D eigenvalue weighted by atomic mass is 10.0. The summed E-state index contributed by atoms with van der Waals surface area (Å²) in [4.78, 5) is 0. The van der Waals surface area contributed by atoms with Gasteiger partial charge in [0.2, 0.25) is 0 Å². The van der Waals surface area contributed by atoms with Gasteiger partial charge in [-0.1, -0.05) is 62.4 Å². The summed E-state index contributed by atoms with van der Waals surface area (Å²) in [6.45, 7) is 6.74. The summed E-state index contributed by atoms with van der Waals surface area (Å²) in [5.74, 6) is 0.629. The lowest BCUT2D eigenvalue weighted by Gasteiger charge is -2.21. The van der Waals surface area contributed by atoms with E-state index in [0.29, 0.717) is 12.0 Å². The fourth-order valence-corrected chi connectivity index (χ4v) is 2.04. The van der Waals surface area contributed by atoms with Crippen molar-refractivity contribution in [3.05, 3.63) is 65.7 Å². The highest BCUT2D eigenvalue weighted by Gasteiger charge is 2.09. The molecule has 0 saturated carbocycles. The molecule has 2 aromatic rings. The molecular weight excluding hydrogens is 230 g/mol. The Bertz CT molecular complexity index is 502. The molecule has 0 aliphatic carbocycles. The molecule has 100 valence electrons. The zero-order valence-electron chi connectivity index (χ0n) is 12.1. The SMILES string of the molecule is CC(C)C(C)Nc1ccccc1Cc1ccccc1. The van der Waals surface area contributed by atoms with Crippen molar-refractivity contribution in [2.75, 3.05) is 5.32 Å². The van der Waals surface area contributed by atoms with Crippen molar-refractivity contribution in [1.29, 1.82) is 0 Å². The summed E-state index contributed by atoms with van der Waals surface area (Å²) < 4.78 is 0. The Hall–Kier alpha value is -1.76. The van der Waals surface area contributed by atoms with Crippen LogP contribution in [0.4, 0.5) is 5.69 Å². The summed E-state index contributed by atoms with van der Waals surface area (Å²) in [7, 11) is 0. The molecule has 1 unspecified atom stereocenters. The molecule has 19 heavy (non-hydrogen) atoms. The minimum atomic E-state index is 0.483. The molecule has 0 bridgehead atoms. The molecule has 0 heterocycles. The normalized spacial score (nSPS) is 12.4. The largest absolute Gasteiger partial charge is 0.382 e. The number of para-hydroxylation sites is 1. The van der Waals surface area contributed by atoms with E-state index < -0.39 is 0 Å². The molecule has 0 saturated heterocycles. The fourth-order valence-electron chi connectivity index (χ4n) is 2.04. The first-order valence-electron chi connectivity index (χ1n) is 7.05. The average molecular weight is 253 g/mol. The zero-order valence-corrected chi connectivity index (χ0v) is 12.1. The van der Waals surface area contributed by atoms with Crippen LogP contribution in [0.1, 0.15) is 31.9 Å². The van der Waals surface area contributed by atoms with Crippen molar-refractivity contribution in [2.45, 2.75) is 33.2 Å². The van der Waals surface area contributed by atoms with Crippen molar-refractivity contribution in [2.24, 2.45) is 5.92 Å². The van der Waals surface area contributed by atoms with Crippen LogP contribution in [0.25, 0.3) is 0 Å². The Kier molecular flexibility index (Phi) is 4.62. The number of hydrogen-bond donors (Lipinski definition) is 1. The van der Waals surface area contributed by atoms with Gasteiger partial charge in [0.1, 0.15) is 0 Å². The third-order valence-electron chi connectivity index (χ3n) is 3.64. The average Bonchev–Trinajstić information content (AvgIpc) is 2.42. The number of hydrogen-bond acceptors (Lipinski definition) is 1. The monoisotopic (exact) mass is 253 g/mol. The minimum absolute atomic E-state index is 0.483. The van der Waals surface area contributed by atoms with Crippen LogP contribution in [0.2, 0.25) is 0 Å². The van der Waals surface area contributed by atoms with E-state index in [0.717, 1.165) is 6.42 Å². The van der Waals surface area contributed by atoms with E-state index in [9.17, 15) is 0 Å². The molecule has 1 atom stereocenters. The van der Waals surface area contributed by atoms with Crippen molar-refractivity contribution in [3.63, 3.8) is 0 Å². The van der Waals surface area contributed by atoms with Gasteiger partial charge < -0.3 is 5.32 Å². The number of anilines is 1. The second-order valence-electron chi connectivity index (χ2n) is 5.50. The van der Waals surface area contributed by atoms with Gasteiger partial charge >= 0.3 is 0 Å².